The number of benzene rings is 2. The van der Waals surface area contributed by atoms with Gasteiger partial charge in [-0.25, -0.2) is 17.8 Å². The molecule has 0 spiro atoms. The van der Waals surface area contributed by atoms with Crippen molar-refractivity contribution in [2.45, 2.75) is 19.9 Å². The lowest BCUT2D eigenvalue weighted by Gasteiger charge is -2.17. The summed E-state index contributed by atoms with van der Waals surface area (Å²) < 4.78 is 43.6. The van der Waals surface area contributed by atoms with E-state index in [1.807, 2.05) is 32.0 Å². The Morgan fingerprint density at radius 1 is 1.14 bits per heavy atom. The lowest BCUT2D eigenvalue weighted by Crippen LogP contribution is -2.21. The summed E-state index contributed by atoms with van der Waals surface area (Å²) in [6.07, 6.45) is 1.59. The second kappa shape index (κ2) is 7.15. The van der Waals surface area contributed by atoms with E-state index < -0.39 is 21.7 Å². The van der Waals surface area contributed by atoms with Crippen LogP contribution in [0.25, 0.3) is 22.0 Å². The van der Waals surface area contributed by atoms with Crippen molar-refractivity contribution in [3.63, 3.8) is 0 Å². The number of methoxy groups -OCH3 is 1. The third-order valence-corrected chi connectivity index (χ3v) is 6.57. The topological polar surface area (TPSA) is 68.3 Å². The van der Waals surface area contributed by atoms with Gasteiger partial charge in [-0.05, 0) is 49.2 Å². The Kier molecular flexibility index (Phi) is 4.78. The van der Waals surface area contributed by atoms with Gasteiger partial charge in [0.1, 0.15) is 5.82 Å². The highest BCUT2D eigenvalue weighted by molar-refractivity contribution is 7.94. The molecule has 0 aliphatic carbocycles. The largest absolute Gasteiger partial charge is 0.480 e. The maximum atomic E-state index is 14.7. The summed E-state index contributed by atoms with van der Waals surface area (Å²) in [7, 11) is -1.72. The number of aryl methyl sites for hydroxylation is 2. The summed E-state index contributed by atoms with van der Waals surface area (Å²) in [6.45, 7) is 4.05. The maximum Gasteiger partial charge on any atom is 0.223 e. The molecule has 0 saturated carbocycles. The number of aromatic nitrogens is 1. The quantitative estimate of drug-likeness (QED) is 0.688. The Morgan fingerprint density at radius 3 is 2.59 bits per heavy atom. The molecule has 1 aliphatic heterocycles. The number of nitrogens with one attached hydrogen (secondary N) is 1. The van der Waals surface area contributed by atoms with Crippen molar-refractivity contribution >= 4 is 26.3 Å². The monoisotopic (exact) mass is 412 g/mol. The first kappa shape index (κ1) is 19.4. The van der Waals surface area contributed by atoms with Crippen molar-refractivity contribution < 1.29 is 17.5 Å². The molecule has 0 bridgehead atoms. The van der Waals surface area contributed by atoms with Gasteiger partial charge in [0.15, 0.2) is 9.84 Å². The van der Waals surface area contributed by atoms with Crippen molar-refractivity contribution in [1.82, 2.24) is 4.98 Å². The van der Waals surface area contributed by atoms with E-state index in [-0.39, 0.29) is 11.6 Å². The fourth-order valence-electron chi connectivity index (χ4n) is 3.48. The SMILES string of the molecule is COc1nc(-c2ccc(C)c(C)c2)cc2c(F)ccc(N[C@@H]3C=CS(=O)(=O)C3)c12. The number of fused-ring (bicyclic) bond motifs is 1. The molecule has 1 N–H and O–H groups in total. The summed E-state index contributed by atoms with van der Waals surface area (Å²) in [5.41, 5.74) is 4.34. The molecule has 3 aromatic rings. The van der Waals surface area contributed by atoms with Crippen LogP contribution in [-0.4, -0.2) is 32.3 Å². The molecule has 1 aliphatic rings. The first-order valence-corrected chi connectivity index (χ1v) is 10.9. The molecule has 2 heterocycles. The normalized spacial score (nSPS) is 17.6. The van der Waals surface area contributed by atoms with Gasteiger partial charge >= 0.3 is 0 Å². The highest BCUT2D eigenvalue weighted by atomic mass is 32.2. The van der Waals surface area contributed by atoms with E-state index in [1.165, 1.54) is 24.1 Å². The van der Waals surface area contributed by atoms with Crippen molar-refractivity contribution in [2.24, 2.45) is 0 Å². The van der Waals surface area contributed by atoms with Crippen LogP contribution in [0.5, 0.6) is 5.88 Å². The zero-order valence-corrected chi connectivity index (χ0v) is 17.2. The molecule has 4 rings (SSSR count). The van der Waals surface area contributed by atoms with Crippen molar-refractivity contribution in [3.05, 3.63) is 64.8 Å². The van der Waals surface area contributed by atoms with E-state index in [9.17, 15) is 12.8 Å². The maximum absolute atomic E-state index is 14.7. The molecule has 29 heavy (non-hydrogen) atoms. The van der Waals surface area contributed by atoms with Crippen molar-refractivity contribution in [1.29, 1.82) is 0 Å². The van der Waals surface area contributed by atoms with Crippen LogP contribution in [-0.2, 0) is 9.84 Å². The molecule has 5 nitrogen and oxygen atoms in total. The van der Waals surface area contributed by atoms with Crippen LogP contribution in [0.3, 0.4) is 0 Å². The molecule has 1 aromatic heterocycles. The molecule has 1 atom stereocenters. The Bertz CT molecular complexity index is 1250. The number of ether oxygens (including phenoxy) is 1. The molecule has 2 aromatic carbocycles. The van der Waals surface area contributed by atoms with Gasteiger partial charge in [0.2, 0.25) is 5.88 Å². The molecule has 0 radical (unpaired) electrons. The minimum Gasteiger partial charge on any atom is -0.480 e. The van der Waals surface area contributed by atoms with Gasteiger partial charge in [-0.3, -0.25) is 0 Å². The van der Waals surface area contributed by atoms with Crippen LogP contribution in [0.4, 0.5) is 10.1 Å². The zero-order valence-electron chi connectivity index (χ0n) is 16.4. The molecule has 150 valence electrons. The molecular weight excluding hydrogens is 391 g/mol. The number of sulfone groups is 1. The highest BCUT2D eigenvalue weighted by Crippen LogP contribution is 2.36. The highest BCUT2D eigenvalue weighted by Gasteiger charge is 2.23. The number of nitrogens with zero attached hydrogens (tertiary/aromatic N) is 1. The lowest BCUT2D eigenvalue weighted by molar-refractivity contribution is 0.404. The first-order valence-electron chi connectivity index (χ1n) is 9.20. The number of rotatable bonds is 4. The number of anilines is 1. The van der Waals surface area contributed by atoms with Crippen LogP contribution in [0, 0.1) is 19.7 Å². The van der Waals surface area contributed by atoms with Gasteiger partial charge in [-0.15, -0.1) is 0 Å². The number of hydrogen-bond acceptors (Lipinski definition) is 5. The van der Waals surface area contributed by atoms with E-state index in [4.69, 9.17) is 4.74 Å². The Balaban J connectivity index is 1.85. The van der Waals surface area contributed by atoms with Crippen LogP contribution < -0.4 is 10.1 Å². The van der Waals surface area contributed by atoms with Gasteiger partial charge in [0, 0.05) is 22.0 Å². The average molecular weight is 412 g/mol. The minimum absolute atomic E-state index is 0.0393. The van der Waals surface area contributed by atoms with Crippen molar-refractivity contribution in [2.75, 3.05) is 18.2 Å². The molecule has 0 saturated heterocycles. The van der Waals surface area contributed by atoms with Crippen LogP contribution in [0.15, 0.2) is 47.9 Å². The summed E-state index contributed by atoms with van der Waals surface area (Å²) in [6, 6.07) is 10.2. The van der Waals surface area contributed by atoms with Gasteiger partial charge in [-0.1, -0.05) is 18.2 Å². The first-order chi connectivity index (χ1) is 13.8. The standard InChI is InChI=1S/C22H21FN2O3S/c1-13-4-5-15(10-14(13)2)20-11-17-18(23)6-7-19(21(17)22(25-20)28-3)24-16-8-9-29(26,27)12-16/h4-11,16,24H,12H2,1-3H3/t16-/m1/s1. The fourth-order valence-corrected chi connectivity index (χ4v) is 4.72. The predicted molar refractivity (Wildman–Crippen MR) is 114 cm³/mol. The van der Waals surface area contributed by atoms with E-state index in [0.29, 0.717) is 22.2 Å². The minimum atomic E-state index is -3.21. The van der Waals surface area contributed by atoms with Crippen LogP contribution in [0.2, 0.25) is 0 Å². The van der Waals surface area contributed by atoms with E-state index in [2.05, 4.69) is 10.3 Å². The second-order valence-corrected chi connectivity index (χ2v) is 9.17. The van der Waals surface area contributed by atoms with Crippen LogP contribution in [0.1, 0.15) is 11.1 Å². The van der Waals surface area contributed by atoms with Gasteiger partial charge in [0.25, 0.3) is 0 Å². The van der Waals surface area contributed by atoms with E-state index in [0.717, 1.165) is 11.1 Å². The summed E-state index contributed by atoms with van der Waals surface area (Å²) in [4.78, 5) is 4.60. The number of halogens is 1. The summed E-state index contributed by atoms with van der Waals surface area (Å²) in [5.74, 6) is -0.156. The summed E-state index contributed by atoms with van der Waals surface area (Å²) in [5, 5.41) is 5.21. The van der Waals surface area contributed by atoms with E-state index >= 15 is 0 Å². The number of pyridine rings is 1. The zero-order chi connectivity index (χ0) is 20.8. The van der Waals surface area contributed by atoms with Gasteiger partial charge < -0.3 is 10.1 Å². The Morgan fingerprint density at radius 2 is 1.93 bits per heavy atom. The van der Waals surface area contributed by atoms with Gasteiger partial charge in [-0.2, -0.15) is 0 Å². The second-order valence-electron chi connectivity index (χ2n) is 7.24. The fraction of sp³-hybridized carbons (Fsp3) is 0.227. The molecule has 0 unspecified atom stereocenters. The third-order valence-electron chi connectivity index (χ3n) is 5.18. The molecular formula is C22H21FN2O3S. The molecule has 0 amide bonds. The van der Waals surface area contributed by atoms with E-state index in [1.54, 1.807) is 18.2 Å². The van der Waals surface area contributed by atoms with Gasteiger partial charge in [0.05, 0.1) is 30.0 Å². The predicted octanol–water partition coefficient (Wildman–Crippen LogP) is 4.39. The molecule has 7 heteroatoms. The summed E-state index contributed by atoms with van der Waals surface area (Å²) >= 11 is 0. The Hall–Kier alpha value is -2.93. The number of hydrogen-bond donors (Lipinski definition) is 1. The smallest absolute Gasteiger partial charge is 0.223 e. The van der Waals surface area contributed by atoms with Crippen molar-refractivity contribution in [3.8, 4) is 17.1 Å². The average Bonchev–Trinajstić information content (AvgIpc) is 3.03. The molecule has 0 fully saturated rings. The third kappa shape index (κ3) is 3.70. The Labute approximate surface area is 169 Å². The van der Waals surface area contributed by atoms with Crippen LogP contribution >= 0.6 is 0 Å². The lowest BCUT2D eigenvalue weighted by atomic mass is 10.0.